The number of para-hydroxylation sites is 1. The summed E-state index contributed by atoms with van der Waals surface area (Å²) in [6, 6.07) is 16.7. The highest BCUT2D eigenvalue weighted by Gasteiger charge is 2.17. The number of benzene rings is 2. The number of nitrogens with one attached hydrogen (secondary N) is 1. The van der Waals surface area contributed by atoms with Crippen molar-refractivity contribution in [3.05, 3.63) is 70.9 Å². The number of hydrogen-bond donors (Lipinski definition) is 1. The number of halogens is 1. The zero-order chi connectivity index (χ0) is 18.6. The molecule has 1 aliphatic rings. The number of aryl methyl sites for hydroxylation is 1. The zero-order valence-corrected chi connectivity index (χ0v) is 16.2. The van der Waals surface area contributed by atoms with Crippen LogP contribution in [-0.2, 0) is 17.8 Å². The highest BCUT2D eigenvalue weighted by atomic mass is 35.5. The summed E-state index contributed by atoms with van der Waals surface area (Å²) < 4.78 is 2.24. The molecule has 1 aromatic heterocycles. The van der Waals surface area contributed by atoms with E-state index in [0.717, 1.165) is 36.4 Å². The third-order valence-corrected chi connectivity index (χ3v) is 5.88. The SMILES string of the molecule is O=C(CCc1cn(Cc2ccccc2Cl)c2ccccc12)NC1CCCC1. The molecule has 1 fully saturated rings. The van der Waals surface area contributed by atoms with Gasteiger partial charge in [0.2, 0.25) is 5.91 Å². The molecule has 4 rings (SSSR count). The third-order valence-electron chi connectivity index (χ3n) is 5.51. The Labute approximate surface area is 165 Å². The molecule has 27 heavy (non-hydrogen) atoms. The van der Waals surface area contributed by atoms with E-state index in [0.29, 0.717) is 12.5 Å². The fourth-order valence-electron chi connectivity index (χ4n) is 4.08. The van der Waals surface area contributed by atoms with Crippen molar-refractivity contribution in [1.29, 1.82) is 0 Å². The number of aromatic nitrogens is 1. The number of amides is 1. The number of rotatable bonds is 6. The number of carbonyl (C=O) groups excluding carboxylic acids is 1. The van der Waals surface area contributed by atoms with Crippen LogP contribution in [0.4, 0.5) is 0 Å². The molecule has 3 aromatic rings. The second-order valence-corrected chi connectivity index (χ2v) is 7.85. The van der Waals surface area contributed by atoms with Crippen molar-refractivity contribution in [1.82, 2.24) is 9.88 Å². The van der Waals surface area contributed by atoms with E-state index < -0.39 is 0 Å². The predicted molar refractivity (Wildman–Crippen MR) is 111 cm³/mol. The van der Waals surface area contributed by atoms with E-state index in [1.54, 1.807) is 0 Å². The molecule has 0 saturated heterocycles. The molecular weight excluding hydrogens is 356 g/mol. The van der Waals surface area contributed by atoms with Crippen LogP contribution in [0.2, 0.25) is 5.02 Å². The summed E-state index contributed by atoms with van der Waals surface area (Å²) in [4.78, 5) is 12.3. The zero-order valence-electron chi connectivity index (χ0n) is 15.5. The molecule has 140 valence electrons. The predicted octanol–water partition coefficient (Wildman–Crippen LogP) is 5.33. The minimum atomic E-state index is 0.171. The normalized spacial score (nSPS) is 14.7. The molecule has 1 heterocycles. The largest absolute Gasteiger partial charge is 0.353 e. The second-order valence-electron chi connectivity index (χ2n) is 7.44. The Hall–Kier alpha value is -2.26. The standard InChI is InChI=1S/C23H25ClN2O/c24-21-11-5-1-7-18(21)16-26-15-17(20-10-4-6-12-22(20)26)13-14-23(27)25-19-8-2-3-9-19/h1,4-7,10-12,15,19H,2-3,8-9,13-14,16H2,(H,25,27). The van der Waals surface area contributed by atoms with Crippen molar-refractivity contribution < 1.29 is 4.79 Å². The molecule has 1 N–H and O–H groups in total. The molecule has 1 saturated carbocycles. The van der Waals surface area contributed by atoms with Gasteiger partial charge in [-0.15, -0.1) is 0 Å². The topological polar surface area (TPSA) is 34.0 Å². The van der Waals surface area contributed by atoms with Crippen LogP contribution in [0.5, 0.6) is 0 Å². The quantitative estimate of drug-likeness (QED) is 0.615. The molecule has 2 aromatic carbocycles. The Balaban J connectivity index is 1.51. The maximum Gasteiger partial charge on any atom is 0.220 e. The van der Waals surface area contributed by atoms with E-state index in [1.807, 2.05) is 18.2 Å². The Morgan fingerprint density at radius 1 is 1.04 bits per heavy atom. The smallest absolute Gasteiger partial charge is 0.220 e. The van der Waals surface area contributed by atoms with Crippen molar-refractivity contribution in [3.63, 3.8) is 0 Å². The third kappa shape index (κ3) is 4.19. The van der Waals surface area contributed by atoms with Crippen molar-refractivity contribution in [2.45, 2.75) is 51.1 Å². The molecule has 0 aliphatic heterocycles. The van der Waals surface area contributed by atoms with Gasteiger partial charge in [-0.25, -0.2) is 0 Å². The number of nitrogens with zero attached hydrogens (tertiary/aromatic N) is 1. The van der Waals surface area contributed by atoms with Crippen LogP contribution < -0.4 is 5.32 Å². The lowest BCUT2D eigenvalue weighted by Gasteiger charge is -2.11. The number of hydrogen-bond acceptors (Lipinski definition) is 1. The number of fused-ring (bicyclic) bond motifs is 1. The van der Waals surface area contributed by atoms with E-state index in [4.69, 9.17) is 11.6 Å². The summed E-state index contributed by atoms with van der Waals surface area (Å²) in [6.07, 6.45) is 8.20. The van der Waals surface area contributed by atoms with Crippen LogP contribution in [0.25, 0.3) is 10.9 Å². The van der Waals surface area contributed by atoms with Crippen molar-refractivity contribution in [3.8, 4) is 0 Å². The fourth-order valence-corrected chi connectivity index (χ4v) is 4.28. The average molecular weight is 381 g/mol. The first-order valence-electron chi connectivity index (χ1n) is 9.80. The van der Waals surface area contributed by atoms with Gasteiger partial charge in [-0.05, 0) is 42.5 Å². The maximum absolute atomic E-state index is 12.3. The minimum Gasteiger partial charge on any atom is -0.353 e. The van der Waals surface area contributed by atoms with Gasteiger partial charge in [-0.3, -0.25) is 4.79 Å². The van der Waals surface area contributed by atoms with Gasteiger partial charge >= 0.3 is 0 Å². The monoisotopic (exact) mass is 380 g/mol. The summed E-state index contributed by atoms with van der Waals surface area (Å²) in [6.45, 7) is 0.731. The summed E-state index contributed by atoms with van der Waals surface area (Å²) in [7, 11) is 0. The van der Waals surface area contributed by atoms with Crippen molar-refractivity contribution >= 4 is 28.4 Å². The van der Waals surface area contributed by atoms with E-state index in [9.17, 15) is 4.79 Å². The van der Waals surface area contributed by atoms with Gasteiger partial charge in [0.25, 0.3) is 0 Å². The maximum atomic E-state index is 12.3. The summed E-state index contributed by atoms with van der Waals surface area (Å²) in [5, 5.41) is 5.19. The Morgan fingerprint density at radius 2 is 1.78 bits per heavy atom. The molecule has 0 radical (unpaired) electrons. The molecule has 0 atom stereocenters. The molecule has 0 spiro atoms. The van der Waals surface area contributed by atoms with Gasteiger partial charge in [0.15, 0.2) is 0 Å². The van der Waals surface area contributed by atoms with Crippen LogP contribution in [-0.4, -0.2) is 16.5 Å². The first-order chi connectivity index (χ1) is 13.2. The second kappa shape index (κ2) is 8.18. The first-order valence-corrected chi connectivity index (χ1v) is 10.2. The first kappa shape index (κ1) is 18.1. The van der Waals surface area contributed by atoms with E-state index in [-0.39, 0.29) is 5.91 Å². The molecule has 1 amide bonds. The lowest BCUT2D eigenvalue weighted by atomic mass is 10.1. The van der Waals surface area contributed by atoms with Crippen molar-refractivity contribution in [2.24, 2.45) is 0 Å². The molecule has 3 nitrogen and oxygen atoms in total. The van der Waals surface area contributed by atoms with Crippen LogP contribution in [0, 0.1) is 0 Å². The van der Waals surface area contributed by atoms with Crippen LogP contribution in [0.15, 0.2) is 54.7 Å². The van der Waals surface area contributed by atoms with Crippen molar-refractivity contribution in [2.75, 3.05) is 0 Å². The Morgan fingerprint density at radius 3 is 2.59 bits per heavy atom. The van der Waals surface area contributed by atoms with Gasteiger partial charge in [0.1, 0.15) is 0 Å². The number of carbonyl (C=O) groups is 1. The average Bonchev–Trinajstić information content (AvgIpc) is 3.30. The molecule has 0 bridgehead atoms. The van der Waals surface area contributed by atoms with Gasteiger partial charge in [-0.1, -0.05) is 60.8 Å². The fraction of sp³-hybridized carbons (Fsp3) is 0.348. The van der Waals surface area contributed by atoms with Gasteiger partial charge in [-0.2, -0.15) is 0 Å². The molecule has 0 unspecified atom stereocenters. The van der Waals surface area contributed by atoms with E-state index in [2.05, 4.69) is 46.4 Å². The highest BCUT2D eigenvalue weighted by molar-refractivity contribution is 6.31. The lowest BCUT2D eigenvalue weighted by molar-refractivity contribution is -0.121. The summed E-state index contributed by atoms with van der Waals surface area (Å²) in [5.41, 5.74) is 3.51. The summed E-state index contributed by atoms with van der Waals surface area (Å²) in [5.74, 6) is 0.171. The molecule has 1 aliphatic carbocycles. The van der Waals surface area contributed by atoms with E-state index in [1.165, 1.54) is 29.3 Å². The van der Waals surface area contributed by atoms with Gasteiger partial charge in [0.05, 0.1) is 0 Å². The molecular formula is C23H25ClN2O. The van der Waals surface area contributed by atoms with Gasteiger partial charge in [0, 0.05) is 41.1 Å². The van der Waals surface area contributed by atoms with Crippen LogP contribution in [0.1, 0.15) is 43.2 Å². The van der Waals surface area contributed by atoms with E-state index >= 15 is 0 Å². The summed E-state index contributed by atoms with van der Waals surface area (Å²) >= 11 is 6.35. The lowest BCUT2D eigenvalue weighted by Crippen LogP contribution is -2.32. The van der Waals surface area contributed by atoms with Gasteiger partial charge < -0.3 is 9.88 Å². The van der Waals surface area contributed by atoms with Crippen LogP contribution in [0.3, 0.4) is 0 Å². The van der Waals surface area contributed by atoms with Crippen LogP contribution >= 0.6 is 11.6 Å². The Kier molecular flexibility index (Phi) is 5.49. The minimum absolute atomic E-state index is 0.171. The Bertz CT molecular complexity index is 940. The highest BCUT2D eigenvalue weighted by Crippen LogP contribution is 2.25. The molecule has 4 heteroatoms.